The molecule has 0 spiro atoms. The number of carbonyl (C=O) groups excluding carboxylic acids is 1. The zero-order chi connectivity index (χ0) is 22.1. The first kappa shape index (κ1) is 22.1. The van der Waals surface area contributed by atoms with Crippen LogP contribution in [0.4, 0.5) is 13.2 Å². The molecule has 0 bridgehead atoms. The number of nitrogens with zero attached hydrogens (tertiary/aromatic N) is 2. The molecule has 1 saturated heterocycles. The van der Waals surface area contributed by atoms with Gasteiger partial charge in [0.05, 0.1) is 5.56 Å². The number of para-hydroxylation sites is 1. The molecule has 1 unspecified atom stereocenters. The summed E-state index contributed by atoms with van der Waals surface area (Å²) in [6, 6.07) is 5.07. The molecule has 164 valence electrons. The fraction of sp³-hybridized carbons (Fsp3) is 0.524. The van der Waals surface area contributed by atoms with Crippen molar-refractivity contribution >= 4 is 5.91 Å². The number of rotatable bonds is 5. The van der Waals surface area contributed by atoms with Gasteiger partial charge in [-0.2, -0.15) is 0 Å². The Kier molecular flexibility index (Phi) is 6.12. The molecule has 1 aromatic heterocycles. The summed E-state index contributed by atoms with van der Waals surface area (Å²) < 4.78 is 48.0. The number of carbonyl (C=O) groups is 1. The first-order chi connectivity index (χ1) is 14.0. The van der Waals surface area contributed by atoms with Crippen molar-refractivity contribution in [1.29, 1.82) is 0 Å². The minimum absolute atomic E-state index is 0.137. The van der Waals surface area contributed by atoms with Crippen LogP contribution in [0.15, 0.2) is 28.7 Å². The van der Waals surface area contributed by atoms with Gasteiger partial charge in [-0.1, -0.05) is 12.1 Å². The molecule has 30 heavy (non-hydrogen) atoms. The highest BCUT2D eigenvalue weighted by atomic mass is 19.4. The van der Waals surface area contributed by atoms with Crippen LogP contribution in [0.25, 0.3) is 0 Å². The van der Waals surface area contributed by atoms with Crippen LogP contribution >= 0.6 is 0 Å². The largest absolute Gasteiger partial charge is 0.573 e. The van der Waals surface area contributed by atoms with E-state index in [1.807, 2.05) is 0 Å². The van der Waals surface area contributed by atoms with Gasteiger partial charge in [-0.05, 0) is 52.2 Å². The van der Waals surface area contributed by atoms with E-state index in [0.717, 1.165) is 18.9 Å². The molecule has 1 atom stereocenters. The molecule has 2 heterocycles. The Morgan fingerprint density at radius 2 is 2.00 bits per heavy atom. The smallest absolute Gasteiger partial charge is 0.446 e. The van der Waals surface area contributed by atoms with E-state index in [4.69, 9.17) is 4.42 Å². The maximum Gasteiger partial charge on any atom is 0.573 e. The van der Waals surface area contributed by atoms with Crippen molar-refractivity contribution in [3.63, 3.8) is 0 Å². The van der Waals surface area contributed by atoms with Crippen LogP contribution < -0.4 is 4.74 Å². The maximum atomic E-state index is 13.1. The van der Waals surface area contributed by atoms with Crippen LogP contribution in [0.1, 0.15) is 60.8 Å². The van der Waals surface area contributed by atoms with Gasteiger partial charge in [0.25, 0.3) is 5.91 Å². The highest BCUT2D eigenvalue weighted by molar-refractivity contribution is 5.97. The highest BCUT2D eigenvalue weighted by Crippen LogP contribution is 2.31. The zero-order valence-corrected chi connectivity index (χ0v) is 17.1. The summed E-state index contributed by atoms with van der Waals surface area (Å²) in [5.74, 6) is -0.162. The van der Waals surface area contributed by atoms with Gasteiger partial charge >= 0.3 is 6.36 Å². The number of hydrogen-bond donors (Lipinski definition) is 1. The molecule has 1 aromatic carbocycles. The Balaban J connectivity index is 1.84. The van der Waals surface area contributed by atoms with E-state index in [2.05, 4.69) is 9.72 Å². The Hall–Kier alpha value is -2.55. The molecule has 1 aliphatic rings. The average Bonchev–Trinajstić information content (AvgIpc) is 3.01. The van der Waals surface area contributed by atoms with Crippen LogP contribution in [0, 0.1) is 6.92 Å². The molecule has 1 fully saturated rings. The van der Waals surface area contributed by atoms with Gasteiger partial charge in [0.15, 0.2) is 5.89 Å². The van der Waals surface area contributed by atoms with Crippen molar-refractivity contribution < 1.29 is 32.2 Å². The van der Waals surface area contributed by atoms with Gasteiger partial charge in [-0.3, -0.25) is 4.79 Å². The topological polar surface area (TPSA) is 75.8 Å². The van der Waals surface area contributed by atoms with E-state index < -0.39 is 23.6 Å². The number of ether oxygens (including phenoxy) is 1. The molecule has 1 N–H and O–H groups in total. The predicted molar refractivity (Wildman–Crippen MR) is 102 cm³/mol. The Bertz CT molecular complexity index is 902. The second-order valence-electron chi connectivity index (χ2n) is 7.97. The number of aromatic nitrogens is 1. The Morgan fingerprint density at radius 3 is 2.63 bits per heavy atom. The van der Waals surface area contributed by atoms with Crippen molar-refractivity contribution in [3.05, 3.63) is 47.2 Å². The number of benzene rings is 1. The third-order valence-corrected chi connectivity index (χ3v) is 5.06. The van der Waals surface area contributed by atoms with E-state index in [9.17, 15) is 23.1 Å². The van der Waals surface area contributed by atoms with Crippen molar-refractivity contribution in [2.75, 3.05) is 6.54 Å². The van der Waals surface area contributed by atoms with Gasteiger partial charge in [0.1, 0.15) is 22.8 Å². The zero-order valence-electron chi connectivity index (χ0n) is 17.1. The number of oxazole rings is 1. The van der Waals surface area contributed by atoms with E-state index in [0.29, 0.717) is 36.7 Å². The number of hydrogen-bond acceptors (Lipinski definition) is 5. The summed E-state index contributed by atoms with van der Waals surface area (Å²) in [7, 11) is 0. The first-order valence-corrected chi connectivity index (χ1v) is 9.80. The van der Waals surface area contributed by atoms with Crippen molar-refractivity contribution in [2.45, 2.75) is 64.5 Å². The normalized spacial score (nSPS) is 17.8. The third-order valence-electron chi connectivity index (χ3n) is 5.06. The van der Waals surface area contributed by atoms with Gasteiger partial charge in [0.2, 0.25) is 0 Å². The van der Waals surface area contributed by atoms with Gasteiger partial charge < -0.3 is 19.2 Å². The lowest BCUT2D eigenvalue weighted by atomic mass is 9.98. The number of aryl methyl sites for hydroxylation is 1. The second kappa shape index (κ2) is 8.29. The molecule has 1 aliphatic heterocycles. The summed E-state index contributed by atoms with van der Waals surface area (Å²) in [6.07, 6.45) is -2.27. The minimum atomic E-state index is -4.89. The number of alkyl halides is 3. The summed E-state index contributed by atoms with van der Waals surface area (Å²) in [6.45, 7) is 5.34. The molecular weight excluding hydrogens is 401 g/mol. The predicted octanol–water partition coefficient (Wildman–Crippen LogP) is 4.35. The lowest BCUT2D eigenvalue weighted by molar-refractivity contribution is -0.274. The number of amides is 1. The van der Waals surface area contributed by atoms with Gasteiger partial charge in [0, 0.05) is 19.0 Å². The second-order valence-corrected chi connectivity index (χ2v) is 7.97. The van der Waals surface area contributed by atoms with Gasteiger partial charge in [-0.15, -0.1) is 13.2 Å². The Labute approximate surface area is 172 Å². The van der Waals surface area contributed by atoms with Crippen molar-refractivity contribution in [2.24, 2.45) is 0 Å². The van der Waals surface area contributed by atoms with Crippen molar-refractivity contribution in [3.8, 4) is 5.75 Å². The fourth-order valence-electron chi connectivity index (χ4n) is 3.80. The number of aliphatic hydroxyl groups is 1. The van der Waals surface area contributed by atoms with Crippen LogP contribution in [-0.4, -0.2) is 39.8 Å². The SMILES string of the molecule is Cc1oc(CC2CCCCN2C(=O)c2ccccc2OC(F)(F)F)nc1C(C)(C)O. The summed E-state index contributed by atoms with van der Waals surface area (Å²) in [5, 5.41) is 10.2. The summed E-state index contributed by atoms with van der Waals surface area (Å²) in [5.41, 5.74) is -0.875. The lowest BCUT2D eigenvalue weighted by Crippen LogP contribution is -2.45. The molecule has 2 aromatic rings. The molecule has 0 aliphatic carbocycles. The van der Waals surface area contributed by atoms with Crippen LogP contribution in [0.3, 0.4) is 0 Å². The van der Waals surface area contributed by atoms with Crippen LogP contribution in [0.5, 0.6) is 5.75 Å². The minimum Gasteiger partial charge on any atom is -0.446 e. The number of piperidine rings is 1. The third kappa shape index (κ3) is 5.13. The summed E-state index contributed by atoms with van der Waals surface area (Å²) in [4.78, 5) is 19.1. The van der Waals surface area contributed by atoms with Crippen LogP contribution in [0.2, 0.25) is 0 Å². The average molecular weight is 426 g/mol. The molecular formula is C21H25F3N2O4. The van der Waals surface area contributed by atoms with E-state index in [1.165, 1.54) is 18.2 Å². The van der Waals surface area contributed by atoms with Crippen LogP contribution in [-0.2, 0) is 12.0 Å². The molecule has 9 heteroatoms. The van der Waals surface area contributed by atoms with E-state index in [1.54, 1.807) is 25.7 Å². The Morgan fingerprint density at radius 1 is 1.30 bits per heavy atom. The highest BCUT2D eigenvalue weighted by Gasteiger charge is 2.35. The monoisotopic (exact) mass is 426 g/mol. The molecule has 0 saturated carbocycles. The van der Waals surface area contributed by atoms with Gasteiger partial charge in [-0.25, -0.2) is 4.98 Å². The van der Waals surface area contributed by atoms with Crippen molar-refractivity contribution in [1.82, 2.24) is 9.88 Å². The first-order valence-electron chi connectivity index (χ1n) is 9.80. The number of likely N-dealkylation sites (tertiary alicyclic amines) is 1. The molecule has 3 rings (SSSR count). The molecule has 1 amide bonds. The summed E-state index contributed by atoms with van der Waals surface area (Å²) >= 11 is 0. The fourth-order valence-corrected chi connectivity index (χ4v) is 3.80. The quantitative estimate of drug-likeness (QED) is 0.770. The number of halogens is 3. The van der Waals surface area contributed by atoms with E-state index in [-0.39, 0.29) is 11.6 Å². The molecule has 6 nitrogen and oxygen atoms in total. The maximum absolute atomic E-state index is 13.1. The standard InChI is InChI=1S/C21H25F3N2O4/c1-13-18(20(2,3)28)25-17(29-13)12-14-8-6-7-11-26(14)19(27)15-9-4-5-10-16(15)30-21(22,23)24/h4-5,9-10,14,28H,6-8,11-12H2,1-3H3. The lowest BCUT2D eigenvalue weighted by Gasteiger charge is -2.35. The molecule has 0 radical (unpaired) electrons. The van der Waals surface area contributed by atoms with E-state index >= 15 is 0 Å².